The molecular formula is C14H16O2. The molecule has 0 saturated carbocycles. The lowest BCUT2D eigenvalue weighted by atomic mass is 10.1. The molecule has 16 heavy (non-hydrogen) atoms. The number of hydrogen-bond acceptors (Lipinski definition) is 2. The smallest absolute Gasteiger partial charge is 0.333 e. The number of esters is 1. The van der Waals surface area contributed by atoms with Crippen molar-refractivity contribution >= 4 is 12.0 Å². The van der Waals surface area contributed by atoms with E-state index in [0.717, 1.165) is 5.56 Å². The Balaban J connectivity index is 2.47. The highest BCUT2D eigenvalue weighted by molar-refractivity contribution is 5.87. The van der Waals surface area contributed by atoms with E-state index < -0.39 is 0 Å². The average Bonchev–Trinajstić information content (AvgIpc) is 2.26. The molecule has 1 aromatic rings. The summed E-state index contributed by atoms with van der Waals surface area (Å²) in [5.41, 5.74) is 2.75. The van der Waals surface area contributed by atoms with Crippen LogP contribution < -0.4 is 0 Å². The van der Waals surface area contributed by atoms with Crippen molar-refractivity contribution in [2.45, 2.75) is 13.8 Å². The van der Waals surface area contributed by atoms with Crippen LogP contribution in [0.1, 0.15) is 18.1 Å². The molecule has 1 rings (SSSR count). The molecule has 0 N–H and O–H groups in total. The van der Waals surface area contributed by atoms with E-state index in [9.17, 15) is 4.79 Å². The van der Waals surface area contributed by atoms with Gasteiger partial charge < -0.3 is 4.74 Å². The second kappa shape index (κ2) is 5.91. The van der Waals surface area contributed by atoms with Gasteiger partial charge in [0.1, 0.15) is 6.61 Å². The lowest BCUT2D eigenvalue weighted by molar-refractivity contribution is -0.137. The van der Waals surface area contributed by atoms with Crippen molar-refractivity contribution < 1.29 is 9.53 Å². The molecule has 2 nitrogen and oxygen atoms in total. The highest BCUT2D eigenvalue weighted by Gasteiger charge is 1.99. The van der Waals surface area contributed by atoms with Crippen molar-refractivity contribution in [2.24, 2.45) is 0 Å². The first-order valence-electron chi connectivity index (χ1n) is 5.16. The van der Waals surface area contributed by atoms with Gasteiger partial charge >= 0.3 is 5.97 Å². The van der Waals surface area contributed by atoms with Gasteiger partial charge in [0.05, 0.1) is 0 Å². The molecule has 0 aromatic heterocycles. The highest BCUT2D eigenvalue weighted by Crippen LogP contribution is 2.08. The van der Waals surface area contributed by atoms with E-state index in [4.69, 9.17) is 4.74 Å². The van der Waals surface area contributed by atoms with Gasteiger partial charge in [0.25, 0.3) is 0 Å². The number of benzene rings is 1. The first-order valence-corrected chi connectivity index (χ1v) is 5.16. The Morgan fingerprint density at radius 3 is 2.75 bits per heavy atom. The van der Waals surface area contributed by atoms with E-state index in [2.05, 4.69) is 6.58 Å². The second-order valence-electron chi connectivity index (χ2n) is 3.64. The van der Waals surface area contributed by atoms with E-state index in [1.807, 2.05) is 43.3 Å². The summed E-state index contributed by atoms with van der Waals surface area (Å²) in [7, 11) is 0. The fourth-order valence-electron chi connectivity index (χ4n) is 1.20. The summed E-state index contributed by atoms with van der Waals surface area (Å²) in [5.74, 6) is -0.352. The molecule has 1 aromatic carbocycles. The van der Waals surface area contributed by atoms with Crippen molar-refractivity contribution in [3.05, 3.63) is 53.6 Å². The zero-order valence-electron chi connectivity index (χ0n) is 9.69. The van der Waals surface area contributed by atoms with Gasteiger partial charge in [-0.05, 0) is 31.1 Å². The van der Waals surface area contributed by atoms with Crippen molar-refractivity contribution in [1.82, 2.24) is 0 Å². The van der Waals surface area contributed by atoms with Crippen LogP contribution in [-0.2, 0) is 9.53 Å². The van der Waals surface area contributed by atoms with Crippen molar-refractivity contribution in [2.75, 3.05) is 6.61 Å². The topological polar surface area (TPSA) is 26.3 Å². The van der Waals surface area contributed by atoms with Gasteiger partial charge in [0, 0.05) is 5.57 Å². The molecule has 0 atom stereocenters. The molecule has 0 aliphatic carbocycles. The number of hydrogen-bond donors (Lipinski definition) is 0. The minimum absolute atomic E-state index is 0.278. The third kappa shape index (κ3) is 3.73. The van der Waals surface area contributed by atoms with Gasteiger partial charge in [-0.25, -0.2) is 4.79 Å². The van der Waals surface area contributed by atoms with Gasteiger partial charge in [-0.1, -0.05) is 36.9 Å². The summed E-state index contributed by atoms with van der Waals surface area (Å²) >= 11 is 0. The maximum Gasteiger partial charge on any atom is 0.333 e. The molecule has 0 amide bonds. The fraction of sp³-hybridized carbons (Fsp3) is 0.214. The minimum atomic E-state index is -0.352. The zero-order valence-corrected chi connectivity index (χ0v) is 9.69. The zero-order chi connectivity index (χ0) is 12.0. The third-order valence-electron chi connectivity index (χ3n) is 2.14. The third-order valence-corrected chi connectivity index (χ3v) is 2.14. The van der Waals surface area contributed by atoms with Crippen LogP contribution in [0.25, 0.3) is 6.08 Å². The molecule has 0 bridgehead atoms. The molecule has 0 fully saturated rings. The number of carbonyl (C=O) groups is 1. The van der Waals surface area contributed by atoms with Crippen LogP contribution >= 0.6 is 0 Å². The highest BCUT2D eigenvalue weighted by atomic mass is 16.5. The Bertz CT molecular complexity index is 416. The lowest BCUT2D eigenvalue weighted by Gasteiger charge is -2.01. The van der Waals surface area contributed by atoms with E-state index in [0.29, 0.717) is 5.57 Å². The summed E-state index contributed by atoms with van der Waals surface area (Å²) in [6, 6.07) is 8.03. The van der Waals surface area contributed by atoms with Gasteiger partial charge in [0.15, 0.2) is 0 Å². The Labute approximate surface area is 96.2 Å². The van der Waals surface area contributed by atoms with Crippen LogP contribution in [0.2, 0.25) is 0 Å². The molecule has 2 heteroatoms. The van der Waals surface area contributed by atoms with Gasteiger partial charge in [-0.3, -0.25) is 0 Å². The fourth-order valence-corrected chi connectivity index (χ4v) is 1.20. The standard InChI is InChI=1S/C14H16O2/c1-11(2)14(15)16-10-6-9-13-8-5-4-7-12(13)3/h4-9H,1,10H2,2-3H3/b9-6+. The monoisotopic (exact) mass is 216 g/mol. The first kappa shape index (κ1) is 12.2. The maximum atomic E-state index is 11.1. The summed E-state index contributed by atoms with van der Waals surface area (Å²) < 4.78 is 4.94. The van der Waals surface area contributed by atoms with E-state index >= 15 is 0 Å². The number of aryl methyl sites for hydroxylation is 1. The van der Waals surface area contributed by atoms with Crippen molar-refractivity contribution in [3.63, 3.8) is 0 Å². The molecule has 0 radical (unpaired) electrons. The van der Waals surface area contributed by atoms with Crippen molar-refractivity contribution in [3.8, 4) is 0 Å². The van der Waals surface area contributed by atoms with Crippen LogP contribution in [0.5, 0.6) is 0 Å². The van der Waals surface area contributed by atoms with Gasteiger partial charge in [-0.2, -0.15) is 0 Å². The summed E-state index contributed by atoms with van der Waals surface area (Å²) in [4.78, 5) is 11.1. The molecule has 0 aliphatic rings. The van der Waals surface area contributed by atoms with Crippen LogP contribution in [0, 0.1) is 6.92 Å². The Morgan fingerprint density at radius 2 is 2.12 bits per heavy atom. The Hall–Kier alpha value is -1.83. The number of carbonyl (C=O) groups excluding carboxylic acids is 1. The first-order chi connectivity index (χ1) is 7.61. The number of rotatable bonds is 4. The van der Waals surface area contributed by atoms with E-state index in [1.165, 1.54) is 5.56 Å². The van der Waals surface area contributed by atoms with E-state index in [1.54, 1.807) is 6.92 Å². The van der Waals surface area contributed by atoms with Gasteiger partial charge in [0.2, 0.25) is 0 Å². The molecule has 0 aliphatic heterocycles. The predicted octanol–water partition coefficient (Wildman–Crippen LogP) is 3.13. The predicted molar refractivity (Wildman–Crippen MR) is 66.0 cm³/mol. The van der Waals surface area contributed by atoms with Gasteiger partial charge in [-0.15, -0.1) is 0 Å². The van der Waals surface area contributed by atoms with Crippen LogP contribution in [-0.4, -0.2) is 12.6 Å². The van der Waals surface area contributed by atoms with Crippen molar-refractivity contribution in [1.29, 1.82) is 0 Å². The van der Waals surface area contributed by atoms with Crippen LogP contribution in [0.15, 0.2) is 42.5 Å². The summed E-state index contributed by atoms with van der Waals surface area (Å²) in [5, 5.41) is 0. The lowest BCUT2D eigenvalue weighted by Crippen LogP contribution is -2.04. The quantitative estimate of drug-likeness (QED) is 0.571. The summed E-state index contributed by atoms with van der Waals surface area (Å²) in [6.45, 7) is 7.46. The average molecular weight is 216 g/mol. The molecule has 0 spiro atoms. The molecule has 0 unspecified atom stereocenters. The van der Waals surface area contributed by atoms with Crippen LogP contribution in [0.4, 0.5) is 0 Å². The Morgan fingerprint density at radius 1 is 1.44 bits per heavy atom. The molecular weight excluding hydrogens is 200 g/mol. The molecule has 84 valence electrons. The van der Waals surface area contributed by atoms with Crippen LogP contribution in [0.3, 0.4) is 0 Å². The summed E-state index contributed by atoms with van der Waals surface area (Å²) in [6.07, 6.45) is 3.77. The maximum absolute atomic E-state index is 11.1. The Kier molecular flexibility index (Phi) is 4.52. The van der Waals surface area contributed by atoms with E-state index in [-0.39, 0.29) is 12.6 Å². The largest absolute Gasteiger partial charge is 0.458 e. The SMILES string of the molecule is C=C(C)C(=O)OC/C=C/c1ccccc1C. The molecule has 0 saturated heterocycles. The molecule has 0 heterocycles. The number of ether oxygens (including phenoxy) is 1. The second-order valence-corrected chi connectivity index (χ2v) is 3.64. The minimum Gasteiger partial charge on any atom is -0.458 e. The normalized spacial score (nSPS) is 10.4.